The lowest BCUT2D eigenvalue weighted by Gasteiger charge is -2.20. The third kappa shape index (κ3) is 5.92. The standard InChI is InChI=1S/C19H21N5O4S2/c1-12(25)20-16-15(21-17(27)13-7-6-10-29-13)18(28)23-19(22-16)30-11-14(26)24-8-4-2-3-5-9-24/h6-7,10H,2-5,8-9,11H2,1H3,(H,20,22,23,25,28). The van der Waals surface area contributed by atoms with Crippen molar-refractivity contribution in [2.45, 2.75) is 32.6 Å². The van der Waals surface area contributed by atoms with Crippen molar-refractivity contribution in [2.24, 2.45) is 15.0 Å². The van der Waals surface area contributed by atoms with Gasteiger partial charge in [0.05, 0.1) is 10.6 Å². The highest BCUT2D eigenvalue weighted by Gasteiger charge is 2.27. The average molecular weight is 448 g/mol. The number of rotatable bonds is 3. The van der Waals surface area contributed by atoms with Crippen molar-refractivity contribution >= 4 is 63.4 Å². The maximum Gasteiger partial charge on any atom is 0.302 e. The summed E-state index contributed by atoms with van der Waals surface area (Å²) in [7, 11) is 0. The molecular formula is C19H21N5O4S2. The maximum absolute atomic E-state index is 12.5. The van der Waals surface area contributed by atoms with E-state index in [-0.39, 0.29) is 28.4 Å². The lowest BCUT2D eigenvalue weighted by Crippen LogP contribution is -2.41. The number of thioether (sulfide) groups is 1. The smallest absolute Gasteiger partial charge is 0.302 e. The van der Waals surface area contributed by atoms with Crippen molar-refractivity contribution in [3.05, 3.63) is 22.4 Å². The zero-order valence-corrected chi connectivity index (χ0v) is 18.1. The van der Waals surface area contributed by atoms with Gasteiger partial charge in [0.15, 0.2) is 16.7 Å². The van der Waals surface area contributed by atoms with Gasteiger partial charge in [-0.15, -0.1) is 11.3 Å². The molecule has 0 radical (unpaired) electrons. The first kappa shape index (κ1) is 22.0. The van der Waals surface area contributed by atoms with Crippen LogP contribution in [-0.4, -0.2) is 64.1 Å². The molecule has 158 valence electrons. The third-order valence-electron chi connectivity index (χ3n) is 4.35. The minimum absolute atomic E-state index is 0.0411. The Labute approximate surface area is 181 Å². The summed E-state index contributed by atoms with van der Waals surface area (Å²) < 4.78 is 0. The van der Waals surface area contributed by atoms with E-state index in [1.54, 1.807) is 17.5 Å². The van der Waals surface area contributed by atoms with Crippen molar-refractivity contribution in [3.63, 3.8) is 0 Å². The Bertz CT molecular complexity index is 929. The van der Waals surface area contributed by atoms with Gasteiger partial charge < -0.3 is 10.2 Å². The van der Waals surface area contributed by atoms with Gasteiger partial charge in [0.1, 0.15) is 0 Å². The Morgan fingerprint density at radius 2 is 1.93 bits per heavy atom. The van der Waals surface area contributed by atoms with Crippen molar-refractivity contribution in [2.75, 3.05) is 18.8 Å². The van der Waals surface area contributed by atoms with Crippen molar-refractivity contribution < 1.29 is 19.2 Å². The van der Waals surface area contributed by atoms with E-state index in [0.29, 0.717) is 4.88 Å². The van der Waals surface area contributed by atoms with Gasteiger partial charge in [-0.3, -0.25) is 19.2 Å². The van der Waals surface area contributed by atoms with Crippen LogP contribution < -0.4 is 5.32 Å². The fourth-order valence-corrected chi connectivity index (χ4v) is 4.27. The van der Waals surface area contributed by atoms with Gasteiger partial charge in [-0.2, -0.15) is 9.98 Å². The zero-order chi connectivity index (χ0) is 21.5. The highest BCUT2D eigenvalue weighted by molar-refractivity contribution is 8.14. The number of thiophene rings is 1. The summed E-state index contributed by atoms with van der Waals surface area (Å²) in [5, 5.41) is 4.19. The molecule has 0 atom stereocenters. The second-order valence-corrected chi connectivity index (χ2v) is 8.56. The predicted octanol–water partition coefficient (Wildman–Crippen LogP) is 1.90. The van der Waals surface area contributed by atoms with Crippen LogP contribution in [0.15, 0.2) is 32.5 Å². The van der Waals surface area contributed by atoms with Gasteiger partial charge >= 0.3 is 5.91 Å². The van der Waals surface area contributed by atoms with E-state index in [1.807, 2.05) is 4.90 Å². The molecule has 3 rings (SSSR count). The molecule has 4 amide bonds. The minimum Gasteiger partial charge on any atom is -0.342 e. The van der Waals surface area contributed by atoms with Crippen LogP contribution in [0.1, 0.15) is 42.3 Å². The topological polar surface area (TPSA) is 121 Å². The molecule has 1 fully saturated rings. The number of likely N-dealkylation sites (tertiary alicyclic amines) is 1. The number of aliphatic imine (C=N–C) groups is 3. The predicted molar refractivity (Wildman–Crippen MR) is 117 cm³/mol. The molecule has 9 nitrogen and oxygen atoms in total. The molecule has 11 heteroatoms. The molecule has 2 aliphatic heterocycles. The molecule has 1 saturated heterocycles. The summed E-state index contributed by atoms with van der Waals surface area (Å²) in [6.45, 7) is 2.72. The Morgan fingerprint density at radius 1 is 1.20 bits per heavy atom. The summed E-state index contributed by atoms with van der Waals surface area (Å²) in [6, 6.07) is 3.27. The SMILES string of the molecule is CC(=O)NC1=NC(SCC(=O)N2CCCCCC2)=NC(=O)C1=NC(=O)c1cccs1. The van der Waals surface area contributed by atoms with Crippen LogP contribution in [0.3, 0.4) is 0 Å². The zero-order valence-electron chi connectivity index (χ0n) is 16.4. The van der Waals surface area contributed by atoms with Gasteiger partial charge in [0.2, 0.25) is 11.8 Å². The monoisotopic (exact) mass is 447 g/mol. The first-order valence-corrected chi connectivity index (χ1v) is 11.4. The fraction of sp³-hybridized carbons (Fsp3) is 0.421. The highest BCUT2D eigenvalue weighted by atomic mass is 32.2. The van der Waals surface area contributed by atoms with E-state index in [2.05, 4.69) is 20.3 Å². The quantitative estimate of drug-likeness (QED) is 0.759. The van der Waals surface area contributed by atoms with Crippen LogP contribution in [0.5, 0.6) is 0 Å². The number of amidine groups is 2. The molecule has 0 unspecified atom stereocenters. The maximum atomic E-state index is 12.5. The molecule has 3 heterocycles. The van der Waals surface area contributed by atoms with E-state index in [4.69, 9.17) is 0 Å². The molecule has 0 bridgehead atoms. The van der Waals surface area contributed by atoms with Gasteiger partial charge in [-0.05, 0) is 24.3 Å². The van der Waals surface area contributed by atoms with E-state index >= 15 is 0 Å². The van der Waals surface area contributed by atoms with E-state index in [1.165, 1.54) is 18.3 Å². The molecule has 2 aliphatic rings. The number of hydrogen-bond acceptors (Lipinski definition) is 7. The normalized spacial score (nSPS) is 18.5. The number of hydrogen-bond donors (Lipinski definition) is 1. The Morgan fingerprint density at radius 3 is 2.57 bits per heavy atom. The van der Waals surface area contributed by atoms with Crippen LogP contribution in [0, 0.1) is 0 Å². The average Bonchev–Trinajstić information content (AvgIpc) is 3.11. The number of nitrogens with zero attached hydrogens (tertiary/aromatic N) is 4. The highest BCUT2D eigenvalue weighted by Crippen LogP contribution is 2.16. The molecule has 0 aliphatic carbocycles. The summed E-state index contributed by atoms with van der Waals surface area (Å²) in [5.74, 6) is -1.97. The Balaban J connectivity index is 1.72. The van der Waals surface area contributed by atoms with Gasteiger partial charge in [0, 0.05) is 20.0 Å². The van der Waals surface area contributed by atoms with Crippen molar-refractivity contribution in [1.29, 1.82) is 0 Å². The number of amides is 4. The van der Waals surface area contributed by atoms with E-state index in [0.717, 1.165) is 50.5 Å². The summed E-state index contributed by atoms with van der Waals surface area (Å²) in [6.07, 6.45) is 4.21. The Hall–Kier alpha value is -2.66. The van der Waals surface area contributed by atoms with Gasteiger partial charge in [0.25, 0.3) is 5.91 Å². The molecule has 1 aromatic heterocycles. The minimum atomic E-state index is -0.789. The largest absolute Gasteiger partial charge is 0.342 e. The van der Waals surface area contributed by atoms with Crippen LogP contribution in [0.25, 0.3) is 0 Å². The van der Waals surface area contributed by atoms with E-state index in [9.17, 15) is 19.2 Å². The summed E-state index contributed by atoms with van der Waals surface area (Å²) in [5.41, 5.74) is -0.327. The molecule has 0 spiro atoms. The molecule has 0 aromatic carbocycles. The molecule has 1 N–H and O–H groups in total. The molecular weight excluding hydrogens is 426 g/mol. The van der Waals surface area contributed by atoms with Gasteiger partial charge in [-0.1, -0.05) is 30.7 Å². The second-order valence-electron chi connectivity index (χ2n) is 6.67. The molecule has 0 saturated carbocycles. The second kappa shape index (κ2) is 10.4. The van der Waals surface area contributed by atoms with Crippen LogP contribution in [0.2, 0.25) is 0 Å². The lowest BCUT2D eigenvalue weighted by atomic mass is 10.2. The fourth-order valence-electron chi connectivity index (χ4n) is 2.93. The number of carbonyl (C=O) groups is 4. The van der Waals surface area contributed by atoms with Crippen LogP contribution in [0.4, 0.5) is 0 Å². The van der Waals surface area contributed by atoms with Crippen molar-refractivity contribution in [3.8, 4) is 0 Å². The number of carbonyl (C=O) groups excluding carboxylic acids is 4. The first-order chi connectivity index (χ1) is 14.4. The Kier molecular flexibility index (Phi) is 7.63. The third-order valence-corrected chi connectivity index (χ3v) is 6.04. The number of nitrogens with one attached hydrogen (secondary N) is 1. The molecule has 1 aromatic rings. The van der Waals surface area contributed by atoms with Gasteiger partial charge in [-0.25, -0.2) is 4.99 Å². The first-order valence-electron chi connectivity index (χ1n) is 9.51. The van der Waals surface area contributed by atoms with Crippen LogP contribution >= 0.6 is 23.1 Å². The van der Waals surface area contributed by atoms with Crippen molar-refractivity contribution in [1.82, 2.24) is 10.2 Å². The van der Waals surface area contributed by atoms with E-state index < -0.39 is 17.7 Å². The lowest BCUT2D eigenvalue weighted by molar-refractivity contribution is -0.128. The van der Waals surface area contributed by atoms with Crippen LogP contribution in [-0.2, 0) is 14.4 Å². The summed E-state index contributed by atoms with van der Waals surface area (Å²) in [4.78, 5) is 62.7. The summed E-state index contributed by atoms with van der Waals surface area (Å²) >= 11 is 2.21. The molecule has 30 heavy (non-hydrogen) atoms.